The lowest BCUT2D eigenvalue weighted by Crippen LogP contribution is -2.22. The van der Waals surface area contributed by atoms with Crippen LogP contribution in [0.3, 0.4) is 0 Å². The molecular weight excluding hydrogens is 178 g/mol. The van der Waals surface area contributed by atoms with Gasteiger partial charge in [-0.05, 0) is 19.1 Å². The molecule has 0 atom stereocenters. The van der Waals surface area contributed by atoms with Crippen LogP contribution < -0.4 is 4.90 Å². The number of aromatic hydroxyl groups is 1. The molecule has 0 aliphatic carbocycles. The second kappa shape index (κ2) is 5.50. The molecule has 0 aliphatic rings. The maximum absolute atomic E-state index is 9.28. The molecule has 1 N–H and O–H groups in total. The lowest BCUT2D eigenvalue weighted by atomic mass is 10.3. The number of nitrogens with zero attached hydrogens (tertiary/aromatic N) is 1. The van der Waals surface area contributed by atoms with Gasteiger partial charge in [0, 0.05) is 32.0 Å². The summed E-state index contributed by atoms with van der Waals surface area (Å²) in [5.41, 5.74) is 1.00. The first kappa shape index (κ1) is 10.9. The van der Waals surface area contributed by atoms with Gasteiger partial charge in [0.1, 0.15) is 5.75 Å². The van der Waals surface area contributed by atoms with Crippen LogP contribution in [0.5, 0.6) is 5.75 Å². The number of hydrogen-bond donors (Lipinski definition) is 1. The zero-order valence-electron chi connectivity index (χ0n) is 8.73. The predicted octanol–water partition coefficient (Wildman–Crippen LogP) is 1.86. The monoisotopic (exact) mass is 195 g/mol. The van der Waals surface area contributed by atoms with E-state index >= 15 is 0 Å². The first-order valence-corrected chi connectivity index (χ1v) is 4.82. The van der Waals surface area contributed by atoms with Gasteiger partial charge in [-0.1, -0.05) is 6.07 Å². The number of rotatable bonds is 5. The maximum atomic E-state index is 9.28. The third-order valence-electron chi connectivity index (χ3n) is 2.05. The van der Waals surface area contributed by atoms with E-state index in [1.807, 2.05) is 26.1 Å². The van der Waals surface area contributed by atoms with E-state index in [0.29, 0.717) is 12.4 Å². The van der Waals surface area contributed by atoms with E-state index in [1.165, 1.54) is 0 Å². The summed E-state index contributed by atoms with van der Waals surface area (Å²) < 4.78 is 5.25. The highest BCUT2D eigenvalue weighted by atomic mass is 16.5. The Bertz CT molecular complexity index is 276. The van der Waals surface area contributed by atoms with E-state index in [-0.39, 0.29) is 0 Å². The fourth-order valence-corrected chi connectivity index (χ4v) is 1.21. The number of hydrogen-bond acceptors (Lipinski definition) is 3. The van der Waals surface area contributed by atoms with Gasteiger partial charge in [0.15, 0.2) is 0 Å². The Morgan fingerprint density at radius 2 is 2.21 bits per heavy atom. The van der Waals surface area contributed by atoms with Crippen LogP contribution in [0.4, 0.5) is 5.69 Å². The van der Waals surface area contributed by atoms with Crippen molar-refractivity contribution in [2.45, 2.75) is 6.92 Å². The van der Waals surface area contributed by atoms with Crippen LogP contribution in [-0.2, 0) is 4.74 Å². The molecule has 0 spiro atoms. The molecule has 0 unspecified atom stereocenters. The molecule has 14 heavy (non-hydrogen) atoms. The molecule has 0 heterocycles. The van der Waals surface area contributed by atoms with Crippen LogP contribution in [0.1, 0.15) is 6.92 Å². The average molecular weight is 195 g/mol. The van der Waals surface area contributed by atoms with Crippen LogP contribution in [0, 0.1) is 0 Å². The van der Waals surface area contributed by atoms with Crippen molar-refractivity contribution in [2.24, 2.45) is 0 Å². The van der Waals surface area contributed by atoms with Gasteiger partial charge < -0.3 is 14.7 Å². The number of likely N-dealkylation sites (N-methyl/N-ethyl adjacent to an activating group) is 1. The van der Waals surface area contributed by atoms with Crippen molar-refractivity contribution in [3.63, 3.8) is 0 Å². The lowest BCUT2D eigenvalue weighted by molar-refractivity contribution is 0.154. The van der Waals surface area contributed by atoms with Gasteiger partial charge in [0.05, 0.1) is 6.61 Å². The normalized spacial score (nSPS) is 10.1. The van der Waals surface area contributed by atoms with Gasteiger partial charge in [-0.25, -0.2) is 0 Å². The number of phenols is 1. The Morgan fingerprint density at radius 1 is 1.43 bits per heavy atom. The van der Waals surface area contributed by atoms with E-state index in [4.69, 9.17) is 4.74 Å². The molecule has 1 rings (SSSR count). The Labute approximate surface area is 84.9 Å². The zero-order chi connectivity index (χ0) is 10.4. The molecule has 0 saturated heterocycles. The van der Waals surface area contributed by atoms with Crippen LogP contribution in [-0.4, -0.2) is 31.9 Å². The van der Waals surface area contributed by atoms with Crippen molar-refractivity contribution in [3.8, 4) is 5.75 Å². The molecule has 78 valence electrons. The summed E-state index contributed by atoms with van der Waals surface area (Å²) in [6, 6.07) is 7.21. The molecule has 0 radical (unpaired) electrons. The van der Waals surface area contributed by atoms with Gasteiger partial charge in [0.25, 0.3) is 0 Å². The van der Waals surface area contributed by atoms with Gasteiger partial charge in [-0.2, -0.15) is 0 Å². The van der Waals surface area contributed by atoms with E-state index in [2.05, 4.69) is 4.90 Å². The number of anilines is 1. The third-order valence-corrected chi connectivity index (χ3v) is 2.05. The Morgan fingerprint density at radius 3 is 2.86 bits per heavy atom. The highest BCUT2D eigenvalue weighted by Crippen LogP contribution is 2.18. The minimum Gasteiger partial charge on any atom is -0.508 e. The molecule has 0 fully saturated rings. The summed E-state index contributed by atoms with van der Waals surface area (Å²) in [5.74, 6) is 0.297. The van der Waals surface area contributed by atoms with Crippen LogP contribution >= 0.6 is 0 Å². The molecule has 0 aromatic heterocycles. The van der Waals surface area contributed by atoms with E-state index in [0.717, 1.165) is 18.8 Å². The zero-order valence-corrected chi connectivity index (χ0v) is 8.73. The van der Waals surface area contributed by atoms with Gasteiger partial charge in [-0.3, -0.25) is 0 Å². The summed E-state index contributed by atoms with van der Waals surface area (Å²) >= 11 is 0. The Balaban J connectivity index is 2.47. The van der Waals surface area contributed by atoms with E-state index in [1.54, 1.807) is 12.1 Å². The first-order valence-electron chi connectivity index (χ1n) is 4.82. The van der Waals surface area contributed by atoms with Gasteiger partial charge in [-0.15, -0.1) is 0 Å². The highest BCUT2D eigenvalue weighted by Gasteiger charge is 2.00. The maximum Gasteiger partial charge on any atom is 0.117 e. The highest BCUT2D eigenvalue weighted by molar-refractivity contribution is 5.49. The fourth-order valence-electron chi connectivity index (χ4n) is 1.21. The van der Waals surface area contributed by atoms with Crippen molar-refractivity contribution in [1.82, 2.24) is 0 Å². The van der Waals surface area contributed by atoms with Crippen LogP contribution in [0.25, 0.3) is 0 Å². The smallest absolute Gasteiger partial charge is 0.117 e. The van der Waals surface area contributed by atoms with Crippen molar-refractivity contribution >= 4 is 5.69 Å². The quantitative estimate of drug-likeness (QED) is 0.728. The molecule has 3 heteroatoms. The summed E-state index contributed by atoms with van der Waals surface area (Å²) in [4.78, 5) is 2.05. The van der Waals surface area contributed by atoms with Gasteiger partial charge >= 0.3 is 0 Å². The number of ether oxygens (including phenoxy) is 1. The number of benzene rings is 1. The summed E-state index contributed by atoms with van der Waals surface area (Å²) in [6.07, 6.45) is 0. The van der Waals surface area contributed by atoms with Crippen molar-refractivity contribution in [3.05, 3.63) is 24.3 Å². The molecule has 1 aromatic rings. The molecule has 1 aromatic carbocycles. The molecule has 0 amide bonds. The molecule has 3 nitrogen and oxygen atoms in total. The minimum absolute atomic E-state index is 0.297. The lowest BCUT2D eigenvalue weighted by Gasteiger charge is -2.18. The molecule has 0 bridgehead atoms. The van der Waals surface area contributed by atoms with Crippen molar-refractivity contribution in [1.29, 1.82) is 0 Å². The van der Waals surface area contributed by atoms with Crippen molar-refractivity contribution < 1.29 is 9.84 Å². The Hall–Kier alpha value is -1.22. The van der Waals surface area contributed by atoms with Crippen LogP contribution in [0.15, 0.2) is 24.3 Å². The SMILES string of the molecule is CCOCCN(C)c1cccc(O)c1. The molecule has 0 saturated carbocycles. The first-order chi connectivity index (χ1) is 6.74. The second-order valence-electron chi connectivity index (χ2n) is 3.14. The Kier molecular flexibility index (Phi) is 4.26. The number of phenolic OH excluding ortho intramolecular Hbond substituents is 1. The summed E-state index contributed by atoms with van der Waals surface area (Å²) in [7, 11) is 1.98. The minimum atomic E-state index is 0.297. The second-order valence-corrected chi connectivity index (χ2v) is 3.14. The van der Waals surface area contributed by atoms with E-state index < -0.39 is 0 Å². The summed E-state index contributed by atoms with van der Waals surface area (Å²) in [5, 5.41) is 9.28. The standard InChI is InChI=1S/C11H17NO2/c1-3-14-8-7-12(2)10-5-4-6-11(13)9-10/h4-6,9,13H,3,7-8H2,1-2H3. The largest absolute Gasteiger partial charge is 0.508 e. The van der Waals surface area contributed by atoms with Gasteiger partial charge in [0.2, 0.25) is 0 Å². The van der Waals surface area contributed by atoms with Crippen LogP contribution in [0.2, 0.25) is 0 Å². The fraction of sp³-hybridized carbons (Fsp3) is 0.455. The molecular formula is C11H17NO2. The molecule has 0 aliphatic heterocycles. The third kappa shape index (κ3) is 3.26. The summed E-state index contributed by atoms with van der Waals surface area (Å²) in [6.45, 7) is 4.27. The topological polar surface area (TPSA) is 32.7 Å². The van der Waals surface area contributed by atoms with E-state index in [9.17, 15) is 5.11 Å². The predicted molar refractivity (Wildman–Crippen MR) is 57.9 cm³/mol. The van der Waals surface area contributed by atoms with Crippen molar-refractivity contribution in [2.75, 3.05) is 31.7 Å². The average Bonchev–Trinajstić information content (AvgIpc) is 2.18.